The Balaban J connectivity index is 2.87. The Morgan fingerprint density at radius 3 is 3.00 bits per heavy atom. The Morgan fingerprint density at radius 2 is 2.25 bits per heavy atom. The van der Waals surface area contributed by atoms with Crippen molar-refractivity contribution in [3.63, 3.8) is 0 Å². The molecule has 0 unspecified atom stereocenters. The lowest BCUT2D eigenvalue weighted by Crippen LogP contribution is -1.91. The van der Waals surface area contributed by atoms with Crippen molar-refractivity contribution in [2.75, 3.05) is 5.73 Å². The largest absolute Gasteiger partial charge is 0.397 e. The van der Waals surface area contributed by atoms with E-state index in [2.05, 4.69) is 5.10 Å². The number of fused-ring (bicyclic) bond motifs is 1. The fourth-order valence-corrected chi connectivity index (χ4v) is 1.36. The van der Waals surface area contributed by atoms with Gasteiger partial charge in [-0.05, 0) is 12.1 Å². The van der Waals surface area contributed by atoms with Crippen LogP contribution >= 0.6 is 11.6 Å². The monoisotopic (exact) mass is 181 g/mol. The minimum Gasteiger partial charge on any atom is -0.397 e. The molecule has 0 spiro atoms. The van der Waals surface area contributed by atoms with E-state index in [1.54, 1.807) is 10.9 Å². The summed E-state index contributed by atoms with van der Waals surface area (Å²) in [6.45, 7) is 0. The van der Waals surface area contributed by atoms with Gasteiger partial charge in [-0.25, -0.2) is 0 Å². The molecule has 3 nitrogen and oxygen atoms in total. The van der Waals surface area contributed by atoms with E-state index in [0.29, 0.717) is 10.7 Å². The summed E-state index contributed by atoms with van der Waals surface area (Å²) in [5.74, 6) is 0. The fraction of sp³-hybridized carbons (Fsp3) is 0.125. The third-order valence-corrected chi connectivity index (χ3v) is 2.19. The molecule has 12 heavy (non-hydrogen) atoms. The summed E-state index contributed by atoms with van der Waals surface area (Å²) in [7, 11) is 1.87. The predicted molar refractivity (Wildman–Crippen MR) is 50.1 cm³/mol. The van der Waals surface area contributed by atoms with Crippen molar-refractivity contribution in [2.24, 2.45) is 7.05 Å². The van der Waals surface area contributed by atoms with Crippen LogP contribution in [-0.4, -0.2) is 9.78 Å². The van der Waals surface area contributed by atoms with Crippen molar-refractivity contribution in [1.82, 2.24) is 9.78 Å². The number of rotatable bonds is 0. The number of aryl methyl sites for hydroxylation is 1. The topological polar surface area (TPSA) is 43.8 Å². The lowest BCUT2D eigenvalue weighted by molar-refractivity contribution is 0.797. The van der Waals surface area contributed by atoms with Crippen LogP contribution < -0.4 is 5.73 Å². The van der Waals surface area contributed by atoms with Crippen LogP contribution in [0.25, 0.3) is 10.9 Å². The molecule has 2 N–H and O–H groups in total. The van der Waals surface area contributed by atoms with Crippen molar-refractivity contribution in [1.29, 1.82) is 0 Å². The van der Waals surface area contributed by atoms with Gasteiger partial charge in [-0.1, -0.05) is 11.6 Å². The second kappa shape index (κ2) is 2.38. The summed E-state index contributed by atoms with van der Waals surface area (Å²) in [4.78, 5) is 0. The van der Waals surface area contributed by atoms with Crippen LogP contribution in [0.5, 0.6) is 0 Å². The normalized spacial score (nSPS) is 10.8. The summed E-state index contributed by atoms with van der Waals surface area (Å²) < 4.78 is 1.77. The van der Waals surface area contributed by atoms with Crippen LogP contribution in [0.15, 0.2) is 18.3 Å². The van der Waals surface area contributed by atoms with Gasteiger partial charge in [0.1, 0.15) is 0 Å². The van der Waals surface area contributed by atoms with Gasteiger partial charge >= 0.3 is 0 Å². The third kappa shape index (κ3) is 0.940. The van der Waals surface area contributed by atoms with Crippen molar-refractivity contribution in [2.45, 2.75) is 0 Å². The standard InChI is InChI=1S/C8H8ClN3/c1-12-8-3-7(10)6(9)2-5(8)4-11-12/h2-4H,10H2,1H3. The summed E-state index contributed by atoms with van der Waals surface area (Å²) in [5.41, 5.74) is 7.23. The van der Waals surface area contributed by atoms with Gasteiger partial charge in [0.05, 0.1) is 22.4 Å². The molecule has 0 radical (unpaired) electrons. The molecule has 0 saturated carbocycles. The molecule has 0 fully saturated rings. The molecule has 2 rings (SSSR count). The van der Waals surface area contributed by atoms with Gasteiger partial charge in [-0.15, -0.1) is 0 Å². The molecule has 1 aromatic carbocycles. The van der Waals surface area contributed by atoms with E-state index in [9.17, 15) is 0 Å². The Kier molecular flexibility index (Phi) is 1.48. The highest BCUT2D eigenvalue weighted by Crippen LogP contribution is 2.24. The first-order valence-electron chi connectivity index (χ1n) is 3.55. The number of nitrogen functional groups attached to an aromatic ring is 1. The van der Waals surface area contributed by atoms with Gasteiger partial charge in [0, 0.05) is 12.4 Å². The van der Waals surface area contributed by atoms with Crippen LogP contribution in [0, 0.1) is 0 Å². The molecule has 4 heteroatoms. The van der Waals surface area contributed by atoms with E-state index in [-0.39, 0.29) is 0 Å². The van der Waals surface area contributed by atoms with E-state index < -0.39 is 0 Å². The highest BCUT2D eigenvalue weighted by Gasteiger charge is 2.02. The van der Waals surface area contributed by atoms with Crippen LogP contribution in [0.2, 0.25) is 5.02 Å². The number of hydrogen-bond donors (Lipinski definition) is 1. The van der Waals surface area contributed by atoms with Crippen LogP contribution in [0.4, 0.5) is 5.69 Å². The van der Waals surface area contributed by atoms with Crippen molar-refractivity contribution in [3.8, 4) is 0 Å². The minimum absolute atomic E-state index is 0.579. The minimum atomic E-state index is 0.579. The van der Waals surface area contributed by atoms with Gasteiger partial charge in [-0.3, -0.25) is 4.68 Å². The quantitative estimate of drug-likeness (QED) is 0.630. The number of hydrogen-bond acceptors (Lipinski definition) is 2. The number of halogens is 1. The van der Waals surface area contributed by atoms with E-state index in [1.165, 1.54) is 0 Å². The maximum atomic E-state index is 5.83. The summed E-state index contributed by atoms with van der Waals surface area (Å²) >= 11 is 5.83. The molecule has 2 aromatic rings. The molecular weight excluding hydrogens is 174 g/mol. The highest BCUT2D eigenvalue weighted by molar-refractivity contribution is 6.33. The molecule has 1 aromatic heterocycles. The van der Waals surface area contributed by atoms with Crippen molar-refractivity contribution < 1.29 is 0 Å². The van der Waals surface area contributed by atoms with E-state index in [1.807, 2.05) is 19.2 Å². The summed E-state index contributed by atoms with van der Waals surface area (Å²) in [5, 5.41) is 5.67. The van der Waals surface area contributed by atoms with Crippen LogP contribution in [-0.2, 0) is 7.05 Å². The number of anilines is 1. The Bertz CT molecular complexity index is 433. The molecule has 0 aliphatic carbocycles. The first-order chi connectivity index (χ1) is 5.68. The molecule has 0 saturated heterocycles. The molecule has 0 aliphatic rings. The zero-order valence-electron chi connectivity index (χ0n) is 6.58. The number of nitrogens with two attached hydrogens (primary N) is 1. The summed E-state index contributed by atoms with van der Waals surface area (Å²) in [6.07, 6.45) is 1.76. The van der Waals surface area contributed by atoms with E-state index >= 15 is 0 Å². The SMILES string of the molecule is Cn1ncc2cc(Cl)c(N)cc21. The lowest BCUT2D eigenvalue weighted by atomic mass is 10.2. The molecule has 0 bridgehead atoms. The number of benzene rings is 1. The van der Waals surface area contributed by atoms with Gasteiger partial charge < -0.3 is 5.73 Å². The summed E-state index contributed by atoms with van der Waals surface area (Å²) in [6, 6.07) is 3.64. The first-order valence-corrected chi connectivity index (χ1v) is 3.93. The van der Waals surface area contributed by atoms with Gasteiger partial charge in [0.15, 0.2) is 0 Å². The van der Waals surface area contributed by atoms with Gasteiger partial charge in [0.25, 0.3) is 0 Å². The van der Waals surface area contributed by atoms with E-state index in [4.69, 9.17) is 17.3 Å². The van der Waals surface area contributed by atoms with Crippen LogP contribution in [0.1, 0.15) is 0 Å². The maximum absolute atomic E-state index is 5.83. The Hall–Kier alpha value is -1.22. The molecule has 0 aliphatic heterocycles. The molecule has 0 amide bonds. The zero-order valence-corrected chi connectivity index (χ0v) is 7.34. The van der Waals surface area contributed by atoms with Gasteiger partial charge in [-0.2, -0.15) is 5.10 Å². The first kappa shape index (κ1) is 7.43. The number of aromatic nitrogens is 2. The molecule has 62 valence electrons. The molecular formula is C8H8ClN3. The lowest BCUT2D eigenvalue weighted by Gasteiger charge is -1.98. The Morgan fingerprint density at radius 1 is 1.50 bits per heavy atom. The second-order valence-electron chi connectivity index (χ2n) is 2.70. The number of nitrogens with zero attached hydrogens (tertiary/aromatic N) is 2. The fourth-order valence-electron chi connectivity index (χ4n) is 1.19. The average molecular weight is 182 g/mol. The van der Waals surface area contributed by atoms with E-state index in [0.717, 1.165) is 10.9 Å². The molecule has 0 atom stereocenters. The third-order valence-electron chi connectivity index (χ3n) is 1.86. The van der Waals surface area contributed by atoms with Crippen molar-refractivity contribution >= 4 is 28.2 Å². The van der Waals surface area contributed by atoms with Crippen molar-refractivity contribution in [3.05, 3.63) is 23.4 Å². The van der Waals surface area contributed by atoms with Crippen LogP contribution in [0.3, 0.4) is 0 Å². The van der Waals surface area contributed by atoms with Gasteiger partial charge in [0.2, 0.25) is 0 Å². The zero-order chi connectivity index (χ0) is 8.72. The second-order valence-corrected chi connectivity index (χ2v) is 3.11. The predicted octanol–water partition coefficient (Wildman–Crippen LogP) is 1.81. The highest BCUT2D eigenvalue weighted by atomic mass is 35.5. The smallest absolute Gasteiger partial charge is 0.0700 e. The maximum Gasteiger partial charge on any atom is 0.0700 e. The molecule has 1 heterocycles. The Labute approximate surface area is 74.7 Å². The average Bonchev–Trinajstić information content (AvgIpc) is 2.35.